The van der Waals surface area contributed by atoms with E-state index in [4.69, 9.17) is 155 Å². The van der Waals surface area contributed by atoms with E-state index in [1.807, 2.05) is 13.8 Å². The smallest absolute Gasteiger partial charge is 0.331 e. The van der Waals surface area contributed by atoms with Gasteiger partial charge in [-0.3, -0.25) is 19.2 Å². The van der Waals surface area contributed by atoms with Gasteiger partial charge >= 0.3 is 77.6 Å². The number of carboxylic acids is 4. The largest absolute Gasteiger partial charge is 0.509 e. The molecule has 0 aliphatic carbocycles. The molecular formula is C85H106O48. The molecule has 0 aromatic heterocycles. The second-order valence-corrected chi connectivity index (χ2v) is 31.0. The molecule has 12 N–H and O–H groups in total. The Hall–Kier alpha value is -11.7. The van der Waals surface area contributed by atoms with E-state index in [-0.39, 0.29) is 145 Å². The molecule has 14 aliphatic rings. The van der Waals surface area contributed by atoms with Crippen LogP contribution < -0.4 is 0 Å². The first-order chi connectivity index (χ1) is 63.1. The molecule has 28 atom stereocenters. The number of fused-ring (bicyclic) bond motifs is 7. The zero-order chi connectivity index (χ0) is 97.4. The number of rotatable bonds is 29. The molecule has 14 rings (SSSR count). The number of hydrogen-bond acceptors (Lipinski definition) is 44. The van der Waals surface area contributed by atoms with Crippen LogP contribution in [0.5, 0.6) is 0 Å². The lowest BCUT2D eigenvalue weighted by molar-refractivity contribution is -0.156. The molecule has 133 heavy (non-hydrogen) atoms. The van der Waals surface area contributed by atoms with E-state index in [1.54, 1.807) is 0 Å². The molecule has 14 saturated heterocycles. The van der Waals surface area contributed by atoms with Crippen molar-refractivity contribution >= 4 is 77.6 Å². The van der Waals surface area contributed by atoms with Gasteiger partial charge in [-0.25, -0.2) is 43.2 Å². The standard InChI is InChI=1S/C15H18O9.C15H16O9.C11H16O6.4C11H14O6/c2*1-8(16)2-4-12(19)23-9-6-21-15-10(7-22-14(9)15)24-13(20)5-3-11(17)18;2*1-6-4-15-11-7(5-16-10(6)11)17-9(14)3-2-8(12)13;3*1-6(12)2-3-9(14)17-8-5-16-10-7(13)4-15-11(8)10/h2,4,9-10,14-16H,1,3,5-7H2,(H,17,18);2-5,9-10,14-16H,1,6-7H2,(H,17,18);6-7,10-11H,2-5H2,1H3,(H,12,13);2-3,6-7,10-11H,4-5H2,1H3,(H,12,13);3*2-3,7-8,10-13H,1,4-5H2/b4-2-;4-2-,5-3+;;3-2+;3*3-2-/t2*9-,10-,14-,15-;2*6-,7-,10-,11-;3*7-,8-,10-,11-/m1111111/s1. The minimum Gasteiger partial charge on any atom is -0.509 e. The number of esters is 9. The second-order valence-electron chi connectivity index (χ2n) is 31.0. The van der Waals surface area contributed by atoms with Crippen LogP contribution in [0.2, 0.25) is 0 Å². The molecule has 0 radical (unpaired) electrons. The summed E-state index contributed by atoms with van der Waals surface area (Å²) in [5, 5.41) is 106. The van der Waals surface area contributed by atoms with Crippen LogP contribution in [0.15, 0.2) is 147 Å². The number of aliphatic hydroxyl groups excluding tert-OH is 8. The quantitative estimate of drug-likeness (QED) is 0.0143. The first-order valence-electron chi connectivity index (χ1n) is 41.2. The maximum atomic E-state index is 11.6. The average Bonchev–Trinajstić information content (AvgIpc) is 1.64. The van der Waals surface area contributed by atoms with Gasteiger partial charge in [0.05, 0.1) is 130 Å². The summed E-state index contributed by atoms with van der Waals surface area (Å²) in [6.45, 7) is 23.3. The van der Waals surface area contributed by atoms with Gasteiger partial charge in [-0.1, -0.05) is 46.7 Å². The van der Waals surface area contributed by atoms with Gasteiger partial charge < -0.3 is 170 Å². The number of carbonyl (C=O) groups excluding carboxylic acids is 9. The van der Waals surface area contributed by atoms with Crippen LogP contribution in [-0.4, -0.2) is 390 Å². The maximum absolute atomic E-state index is 11.6. The lowest BCUT2D eigenvalue weighted by Crippen LogP contribution is -2.35. The highest BCUT2D eigenvalue weighted by Crippen LogP contribution is 2.38. The van der Waals surface area contributed by atoms with E-state index >= 15 is 0 Å². The van der Waals surface area contributed by atoms with Gasteiger partial charge in [0.1, 0.15) is 120 Å². The first-order valence-corrected chi connectivity index (χ1v) is 41.2. The number of allylic oxidation sites excluding steroid dienone is 5. The van der Waals surface area contributed by atoms with E-state index in [2.05, 4.69) is 32.9 Å². The fourth-order valence-corrected chi connectivity index (χ4v) is 14.7. The molecule has 0 aromatic rings. The molecule has 0 saturated carbocycles. The summed E-state index contributed by atoms with van der Waals surface area (Å²) in [5.41, 5.74) is 0. The molecule has 0 bridgehead atoms. The van der Waals surface area contributed by atoms with Crippen LogP contribution >= 0.6 is 0 Å². The summed E-state index contributed by atoms with van der Waals surface area (Å²) in [6.07, 6.45) is 0.518. The van der Waals surface area contributed by atoms with Crippen molar-refractivity contribution in [2.24, 2.45) is 11.8 Å². The van der Waals surface area contributed by atoms with Gasteiger partial charge in [-0.2, -0.15) is 0 Å². The average molecular weight is 1900 g/mol. The Labute approximate surface area is 756 Å². The summed E-state index contributed by atoms with van der Waals surface area (Å²) in [7, 11) is 0. The van der Waals surface area contributed by atoms with Crippen LogP contribution in [0.4, 0.5) is 0 Å². The van der Waals surface area contributed by atoms with Crippen molar-refractivity contribution in [1.82, 2.24) is 0 Å². The summed E-state index contributed by atoms with van der Waals surface area (Å²) in [6, 6.07) is 0. The van der Waals surface area contributed by atoms with Gasteiger partial charge in [0, 0.05) is 66.5 Å². The predicted molar refractivity (Wildman–Crippen MR) is 433 cm³/mol. The second kappa shape index (κ2) is 52.1. The maximum Gasteiger partial charge on any atom is 0.331 e. The third-order valence-corrected chi connectivity index (χ3v) is 20.7. The Morgan fingerprint density at radius 3 is 0.594 bits per heavy atom. The fraction of sp³-hybridized carbons (Fsp3) is 0.565. The molecule has 48 nitrogen and oxygen atoms in total. The van der Waals surface area contributed by atoms with Gasteiger partial charge in [-0.05, 0) is 30.4 Å². The van der Waals surface area contributed by atoms with Gasteiger partial charge in [0.2, 0.25) is 0 Å². The van der Waals surface area contributed by atoms with Crippen molar-refractivity contribution in [2.75, 3.05) is 92.5 Å². The molecular weight excluding hydrogens is 1790 g/mol. The van der Waals surface area contributed by atoms with Gasteiger partial charge in [0.15, 0.2) is 54.9 Å². The van der Waals surface area contributed by atoms with E-state index in [0.29, 0.717) is 44.3 Å². The fourth-order valence-electron chi connectivity index (χ4n) is 14.7. The van der Waals surface area contributed by atoms with Crippen molar-refractivity contribution in [2.45, 2.75) is 198 Å². The number of carbonyl (C=O) groups is 13. The van der Waals surface area contributed by atoms with E-state index in [1.165, 1.54) is 0 Å². The summed E-state index contributed by atoms with van der Waals surface area (Å²) >= 11 is 0. The van der Waals surface area contributed by atoms with Crippen molar-refractivity contribution in [3.05, 3.63) is 147 Å². The van der Waals surface area contributed by atoms with E-state index < -0.39 is 212 Å². The number of aliphatic carboxylic acids is 4. The van der Waals surface area contributed by atoms with Crippen LogP contribution in [0.25, 0.3) is 0 Å². The zero-order valence-corrected chi connectivity index (χ0v) is 71.6. The number of ether oxygens (including phenoxy) is 23. The highest BCUT2D eigenvalue weighted by Gasteiger charge is 2.56. The third kappa shape index (κ3) is 33.8. The minimum atomic E-state index is -1.27. The van der Waals surface area contributed by atoms with E-state index in [0.717, 1.165) is 79.0 Å². The number of hydrogen-bond donors (Lipinski definition) is 12. The lowest BCUT2D eigenvalue weighted by Gasteiger charge is -2.16. The monoisotopic (exact) mass is 1890 g/mol. The SMILES string of the molecule is C=C(O)/C=C\C(=O)O[C@@H]1CO[C@H]2[C@@H]1OC[C@H]2O.C=C(O)/C=C\C(=O)O[C@@H]1CO[C@H]2[C@@H]1OC[C@H]2O.C=C(O)/C=C\C(=O)O[C@@H]1CO[C@H]2[C@@H]1OC[C@H]2O.C=C(O)/C=C\C(=O)O[C@@H]1CO[C@H]2[C@@H]1OC[C@H]2OC(=O)/C=C/C(=O)O.C=C(O)/C=C\C(=O)O[C@@H]1CO[C@H]2[C@@H]1OC[C@H]2OC(=O)CCC(=O)O.C[C@@H]1CO[C@H]2[C@@H]1OC[C@H]2OC(=O)/C=C/C(=O)O.C[C@@H]1CO[C@H]2[C@@H]1OC[C@H]2OC(=O)CCC(=O)O. The Morgan fingerprint density at radius 2 is 0.391 bits per heavy atom. The zero-order valence-electron chi connectivity index (χ0n) is 71.6. The Kier molecular flexibility index (Phi) is 41.8. The Bertz CT molecular complexity index is 4020. The first kappa shape index (κ1) is 107. The van der Waals surface area contributed by atoms with Gasteiger partial charge in [-0.15, -0.1) is 0 Å². The van der Waals surface area contributed by atoms with Crippen molar-refractivity contribution in [1.29, 1.82) is 0 Å². The molecule has 0 amide bonds. The minimum absolute atomic E-state index is 0.00715. The molecule has 0 aromatic carbocycles. The molecule has 0 unspecified atom stereocenters. The highest BCUT2D eigenvalue weighted by molar-refractivity contribution is 5.92. The van der Waals surface area contributed by atoms with Crippen molar-refractivity contribution < 1.29 is 233 Å². The van der Waals surface area contributed by atoms with Crippen LogP contribution in [0, 0.1) is 11.8 Å². The molecule has 14 aliphatic heterocycles. The summed E-state index contributed by atoms with van der Waals surface area (Å²) < 4.78 is 122. The van der Waals surface area contributed by atoms with E-state index in [9.17, 15) is 77.6 Å². The lowest BCUT2D eigenvalue weighted by atomic mass is 10.0. The van der Waals surface area contributed by atoms with Crippen LogP contribution in [0.3, 0.4) is 0 Å². The van der Waals surface area contributed by atoms with Crippen LogP contribution in [0.1, 0.15) is 39.5 Å². The number of aliphatic hydroxyl groups is 8. The van der Waals surface area contributed by atoms with Crippen LogP contribution in [-0.2, 0) is 171 Å². The molecule has 14 heterocycles. The molecule has 0 spiro atoms. The molecule has 14 fully saturated rings. The third-order valence-electron chi connectivity index (χ3n) is 20.7. The Balaban J connectivity index is 0.000000192. The highest BCUT2D eigenvalue weighted by atomic mass is 16.7. The summed E-state index contributed by atoms with van der Waals surface area (Å²) in [5.74, 6) is -11.1. The van der Waals surface area contributed by atoms with Gasteiger partial charge in [0.25, 0.3) is 0 Å². The normalized spacial score (nSPS) is 33.3. The van der Waals surface area contributed by atoms with Crippen molar-refractivity contribution in [3.63, 3.8) is 0 Å². The number of carboxylic acid groups (broad SMARTS) is 4. The van der Waals surface area contributed by atoms with Crippen molar-refractivity contribution in [3.8, 4) is 0 Å². The predicted octanol–water partition coefficient (Wildman–Crippen LogP) is -0.800. The summed E-state index contributed by atoms with van der Waals surface area (Å²) in [4.78, 5) is 144. The topological polar surface area (TPSA) is 677 Å². The molecule has 734 valence electrons. The molecule has 48 heteroatoms. The Morgan fingerprint density at radius 1 is 0.226 bits per heavy atom.